The van der Waals surface area contributed by atoms with Crippen LogP contribution in [0.1, 0.15) is 34.6 Å². The van der Waals surface area contributed by atoms with Gasteiger partial charge in [0.05, 0.1) is 25.9 Å². The topological polar surface area (TPSA) is 85.9 Å². The van der Waals surface area contributed by atoms with Gasteiger partial charge < -0.3 is 14.2 Å². The number of benzene rings is 2. The zero-order chi connectivity index (χ0) is 20.0. The van der Waals surface area contributed by atoms with Crippen LogP contribution >= 0.6 is 0 Å². The summed E-state index contributed by atoms with van der Waals surface area (Å²) in [4.78, 5) is 24.3. The molecule has 2 rings (SSSR count). The molecule has 0 radical (unpaired) electrons. The lowest BCUT2D eigenvalue weighted by molar-refractivity contribution is 0.0844. The Balaban J connectivity index is 2.06. The minimum atomic E-state index is -0.796. The van der Waals surface area contributed by atoms with Gasteiger partial charge in [-0.3, -0.25) is 20.4 Å². The van der Waals surface area contributed by atoms with Crippen molar-refractivity contribution in [3.05, 3.63) is 53.3 Å². The van der Waals surface area contributed by atoms with E-state index in [0.717, 1.165) is 6.07 Å². The van der Waals surface area contributed by atoms with Gasteiger partial charge in [-0.1, -0.05) is 0 Å². The number of amides is 2. The average Bonchev–Trinajstić information content (AvgIpc) is 2.65. The standard InChI is InChI=1S/C19H21FN2O5/c1-11(2)27-16-8-5-12(9-17(16)26-4)18(23)21-22-19(24)14-7-6-13(25-3)10-15(14)20/h5-11H,1-4H3,(H,21,23)(H,22,24). The number of methoxy groups -OCH3 is 2. The molecule has 144 valence electrons. The zero-order valence-corrected chi connectivity index (χ0v) is 15.5. The van der Waals surface area contributed by atoms with Gasteiger partial charge >= 0.3 is 0 Å². The van der Waals surface area contributed by atoms with Gasteiger partial charge in [0.25, 0.3) is 11.8 Å². The van der Waals surface area contributed by atoms with Crippen LogP contribution in [-0.4, -0.2) is 32.1 Å². The van der Waals surface area contributed by atoms with E-state index < -0.39 is 17.6 Å². The summed E-state index contributed by atoms with van der Waals surface area (Å²) >= 11 is 0. The number of hydrogen-bond acceptors (Lipinski definition) is 5. The van der Waals surface area contributed by atoms with Crippen LogP contribution in [0.25, 0.3) is 0 Å². The number of nitrogens with one attached hydrogen (secondary N) is 2. The molecule has 0 saturated carbocycles. The molecule has 8 heteroatoms. The highest BCUT2D eigenvalue weighted by molar-refractivity contribution is 5.99. The summed E-state index contributed by atoms with van der Waals surface area (Å²) in [7, 11) is 2.85. The normalized spacial score (nSPS) is 10.3. The van der Waals surface area contributed by atoms with Crippen molar-refractivity contribution in [3.63, 3.8) is 0 Å². The van der Waals surface area contributed by atoms with Crippen LogP contribution in [0, 0.1) is 5.82 Å². The summed E-state index contributed by atoms with van der Waals surface area (Å²) in [6.07, 6.45) is -0.0581. The number of hydrazine groups is 1. The maximum absolute atomic E-state index is 13.9. The predicted molar refractivity (Wildman–Crippen MR) is 96.6 cm³/mol. The van der Waals surface area contributed by atoms with Crippen molar-refractivity contribution in [2.24, 2.45) is 0 Å². The zero-order valence-electron chi connectivity index (χ0n) is 15.5. The lowest BCUT2D eigenvalue weighted by atomic mass is 10.2. The van der Waals surface area contributed by atoms with Crippen molar-refractivity contribution in [1.29, 1.82) is 0 Å². The van der Waals surface area contributed by atoms with Gasteiger partial charge in [0.1, 0.15) is 11.6 Å². The first-order valence-corrected chi connectivity index (χ1v) is 8.14. The Bertz CT molecular complexity index is 839. The molecule has 0 aliphatic heterocycles. The molecule has 0 aromatic heterocycles. The van der Waals surface area contributed by atoms with Crippen molar-refractivity contribution in [2.75, 3.05) is 14.2 Å². The molecule has 0 heterocycles. The van der Waals surface area contributed by atoms with E-state index in [1.807, 2.05) is 13.8 Å². The molecule has 0 spiro atoms. The fourth-order valence-corrected chi connectivity index (χ4v) is 2.22. The second-order valence-electron chi connectivity index (χ2n) is 5.79. The lowest BCUT2D eigenvalue weighted by Crippen LogP contribution is -2.41. The Hall–Kier alpha value is -3.29. The number of hydrogen-bond donors (Lipinski definition) is 2. The van der Waals surface area contributed by atoms with E-state index in [9.17, 15) is 14.0 Å². The average molecular weight is 376 g/mol. The Kier molecular flexibility index (Phi) is 6.59. The molecule has 0 aliphatic carbocycles. The smallest absolute Gasteiger partial charge is 0.272 e. The SMILES string of the molecule is COc1ccc(C(=O)NNC(=O)c2ccc(OC(C)C)c(OC)c2)c(F)c1. The van der Waals surface area contributed by atoms with Crippen LogP contribution in [-0.2, 0) is 0 Å². The Morgan fingerprint density at radius 2 is 1.63 bits per heavy atom. The summed E-state index contributed by atoms with van der Waals surface area (Å²) < 4.78 is 29.6. The fourth-order valence-electron chi connectivity index (χ4n) is 2.22. The van der Waals surface area contributed by atoms with Crippen molar-refractivity contribution in [2.45, 2.75) is 20.0 Å². The second-order valence-corrected chi connectivity index (χ2v) is 5.79. The van der Waals surface area contributed by atoms with E-state index >= 15 is 0 Å². The molecular formula is C19H21FN2O5. The van der Waals surface area contributed by atoms with Gasteiger partial charge in [0.15, 0.2) is 11.5 Å². The van der Waals surface area contributed by atoms with E-state index in [1.54, 1.807) is 6.07 Å². The first-order chi connectivity index (χ1) is 12.8. The molecule has 0 aliphatic rings. The molecule has 27 heavy (non-hydrogen) atoms. The van der Waals surface area contributed by atoms with Gasteiger partial charge in [-0.15, -0.1) is 0 Å². The molecular weight excluding hydrogens is 355 g/mol. The van der Waals surface area contributed by atoms with Gasteiger partial charge in [0, 0.05) is 11.6 Å². The molecule has 2 amide bonds. The third-order valence-electron chi connectivity index (χ3n) is 3.50. The number of ether oxygens (including phenoxy) is 3. The molecule has 2 N–H and O–H groups in total. The summed E-state index contributed by atoms with van der Waals surface area (Å²) in [6.45, 7) is 3.74. The maximum Gasteiger partial charge on any atom is 0.272 e. The molecule has 7 nitrogen and oxygen atoms in total. The van der Waals surface area contributed by atoms with Crippen molar-refractivity contribution < 1.29 is 28.2 Å². The van der Waals surface area contributed by atoms with E-state index in [2.05, 4.69) is 10.9 Å². The summed E-state index contributed by atoms with van der Waals surface area (Å²) in [6, 6.07) is 8.38. The molecule has 0 bridgehead atoms. The molecule has 2 aromatic carbocycles. The monoisotopic (exact) mass is 376 g/mol. The van der Waals surface area contributed by atoms with Gasteiger partial charge in [-0.05, 0) is 44.2 Å². The summed E-state index contributed by atoms with van der Waals surface area (Å²) in [5.74, 6) is -0.999. The van der Waals surface area contributed by atoms with E-state index in [-0.39, 0.29) is 23.0 Å². The predicted octanol–water partition coefficient (Wildman–Crippen LogP) is 2.70. The van der Waals surface area contributed by atoms with E-state index in [4.69, 9.17) is 14.2 Å². The fraction of sp³-hybridized carbons (Fsp3) is 0.263. The quantitative estimate of drug-likeness (QED) is 0.757. The Morgan fingerprint density at radius 3 is 2.22 bits per heavy atom. The number of rotatable bonds is 6. The Morgan fingerprint density at radius 1 is 0.926 bits per heavy atom. The van der Waals surface area contributed by atoms with Gasteiger partial charge in [-0.25, -0.2) is 4.39 Å². The Labute approximate surface area is 156 Å². The number of carbonyl (C=O) groups excluding carboxylic acids is 2. The molecule has 2 aromatic rings. The first kappa shape index (κ1) is 20.0. The van der Waals surface area contributed by atoms with Crippen molar-refractivity contribution in [1.82, 2.24) is 10.9 Å². The second kappa shape index (κ2) is 8.88. The third kappa shape index (κ3) is 5.10. The lowest BCUT2D eigenvalue weighted by Gasteiger charge is -2.14. The summed E-state index contributed by atoms with van der Waals surface area (Å²) in [5.41, 5.74) is 4.41. The highest BCUT2D eigenvalue weighted by atomic mass is 19.1. The van der Waals surface area contributed by atoms with Gasteiger partial charge in [0.2, 0.25) is 0 Å². The largest absolute Gasteiger partial charge is 0.497 e. The minimum Gasteiger partial charge on any atom is -0.497 e. The minimum absolute atomic E-state index is 0.0581. The number of carbonyl (C=O) groups is 2. The third-order valence-corrected chi connectivity index (χ3v) is 3.50. The molecule has 0 saturated heterocycles. The maximum atomic E-state index is 13.9. The highest BCUT2D eigenvalue weighted by Gasteiger charge is 2.16. The van der Waals surface area contributed by atoms with E-state index in [0.29, 0.717) is 11.5 Å². The van der Waals surface area contributed by atoms with Crippen LogP contribution in [0.5, 0.6) is 17.2 Å². The van der Waals surface area contributed by atoms with Crippen molar-refractivity contribution in [3.8, 4) is 17.2 Å². The van der Waals surface area contributed by atoms with E-state index in [1.165, 1.54) is 38.5 Å². The molecule has 0 atom stereocenters. The van der Waals surface area contributed by atoms with Crippen LogP contribution in [0.3, 0.4) is 0 Å². The van der Waals surface area contributed by atoms with Crippen molar-refractivity contribution >= 4 is 11.8 Å². The van der Waals surface area contributed by atoms with Crippen LogP contribution in [0.4, 0.5) is 4.39 Å². The number of halogens is 1. The molecule has 0 fully saturated rings. The van der Waals surface area contributed by atoms with Gasteiger partial charge in [-0.2, -0.15) is 0 Å². The summed E-state index contributed by atoms with van der Waals surface area (Å²) in [5, 5.41) is 0. The molecule has 0 unspecified atom stereocenters. The van der Waals surface area contributed by atoms with Crippen LogP contribution < -0.4 is 25.1 Å². The first-order valence-electron chi connectivity index (χ1n) is 8.14. The van der Waals surface area contributed by atoms with Crippen LogP contribution in [0.15, 0.2) is 36.4 Å². The highest BCUT2D eigenvalue weighted by Crippen LogP contribution is 2.28. The van der Waals surface area contributed by atoms with Crippen LogP contribution in [0.2, 0.25) is 0 Å².